The zero-order chi connectivity index (χ0) is 22.7. The lowest BCUT2D eigenvalue weighted by atomic mass is 10.1. The quantitative estimate of drug-likeness (QED) is 0.526. The average Bonchev–Trinajstić information content (AvgIpc) is 3.21. The van der Waals surface area contributed by atoms with Crippen molar-refractivity contribution in [1.82, 2.24) is 10.2 Å². The molecule has 0 atom stereocenters. The molecule has 3 N–H and O–H groups in total. The number of phenols is 1. The number of thiophene rings is 1. The lowest BCUT2D eigenvalue weighted by Crippen LogP contribution is -2.37. The van der Waals surface area contributed by atoms with E-state index in [-0.39, 0.29) is 22.6 Å². The minimum absolute atomic E-state index is 0.0681. The summed E-state index contributed by atoms with van der Waals surface area (Å²) in [7, 11) is 0. The number of halogens is 2. The molecule has 0 saturated heterocycles. The highest BCUT2D eigenvalue weighted by Crippen LogP contribution is 2.24. The van der Waals surface area contributed by atoms with Crippen molar-refractivity contribution in [2.24, 2.45) is 0 Å². The second kappa shape index (κ2) is 9.46. The molecule has 4 rings (SSSR count). The first-order valence-corrected chi connectivity index (χ1v) is 10.9. The monoisotopic (exact) mass is 457 g/mol. The van der Waals surface area contributed by atoms with Crippen LogP contribution in [0.2, 0.25) is 0 Å². The Morgan fingerprint density at radius 3 is 2.59 bits per heavy atom. The maximum Gasteiger partial charge on any atom is 0.255 e. The predicted octanol–water partition coefficient (Wildman–Crippen LogP) is 3.77. The molecule has 0 bridgehead atoms. The summed E-state index contributed by atoms with van der Waals surface area (Å²) < 4.78 is 26.6. The molecule has 166 valence electrons. The predicted molar refractivity (Wildman–Crippen MR) is 118 cm³/mol. The fourth-order valence-electron chi connectivity index (χ4n) is 3.61. The molecule has 9 heteroatoms. The minimum Gasteiger partial charge on any atom is -0.507 e. The Morgan fingerprint density at radius 2 is 1.84 bits per heavy atom. The van der Waals surface area contributed by atoms with E-state index in [0.29, 0.717) is 19.2 Å². The Labute approximate surface area is 187 Å². The number of hydrogen-bond acceptors (Lipinski definition) is 5. The topological polar surface area (TPSA) is 81.7 Å². The number of carbonyl (C=O) groups excluding carboxylic acids is 2. The van der Waals surface area contributed by atoms with Crippen molar-refractivity contribution in [3.63, 3.8) is 0 Å². The van der Waals surface area contributed by atoms with Gasteiger partial charge in [0.15, 0.2) is 0 Å². The summed E-state index contributed by atoms with van der Waals surface area (Å²) in [6.07, 6.45) is 1.01. The molecular weight excluding hydrogens is 436 g/mol. The van der Waals surface area contributed by atoms with E-state index < -0.39 is 23.4 Å². The van der Waals surface area contributed by atoms with Gasteiger partial charge in [0.05, 0.1) is 5.56 Å². The Bertz CT molecular complexity index is 1140. The molecule has 1 aliphatic heterocycles. The van der Waals surface area contributed by atoms with E-state index >= 15 is 0 Å². The molecule has 0 saturated carbocycles. The van der Waals surface area contributed by atoms with Crippen LogP contribution in [0.4, 0.5) is 14.5 Å². The fraction of sp³-hybridized carbons (Fsp3) is 0.217. The van der Waals surface area contributed by atoms with Crippen molar-refractivity contribution in [2.45, 2.75) is 13.0 Å². The van der Waals surface area contributed by atoms with Gasteiger partial charge in [-0.15, -0.1) is 11.3 Å². The van der Waals surface area contributed by atoms with E-state index in [9.17, 15) is 23.5 Å². The highest BCUT2D eigenvalue weighted by molar-refractivity contribution is 7.10. The molecule has 0 aliphatic carbocycles. The van der Waals surface area contributed by atoms with Gasteiger partial charge in [0, 0.05) is 54.4 Å². The molecule has 6 nitrogen and oxygen atoms in total. The maximum absolute atomic E-state index is 13.3. The number of nitrogens with zero attached hydrogens (tertiary/aromatic N) is 1. The Kier molecular flexibility index (Phi) is 6.48. The van der Waals surface area contributed by atoms with Crippen molar-refractivity contribution in [3.8, 4) is 5.75 Å². The Hall–Kier alpha value is -3.30. The standard InChI is InChI=1S/C23H21F2N3O3S/c24-16-9-15(10-17(25)11-16)22(30)27-18-1-2-19(20(29)12-18)23(31)26-5-7-28-6-3-21-14(13-28)4-8-32-21/h1-2,4,8-12,29H,3,5-7,13H2,(H,26,31)(H,27,30). The van der Waals surface area contributed by atoms with Gasteiger partial charge in [0.25, 0.3) is 11.8 Å². The molecule has 1 aliphatic rings. The summed E-state index contributed by atoms with van der Waals surface area (Å²) in [5, 5.41) is 17.6. The summed E-state index contributed by atoms with van der Waals surface area (Å²) >= 11 is 1.78. The van der Waals surface area contributed by atoms with Crippen molar-refractivity contribution in [2.75, 3.05) is 25.0 Å². The van der Waals surface area contributed by atoms with E-state index in [1.807, 2.05) is 0 Å². The van der Waals surface area contributed by atoms with Gasteiger partial charge in [0.2, 0.25) is 0 Å². The van der Waals surface area contributed by atoms with Gasteiger partial charge in [-0.25, -0.2) is 8.78 Å². The molecule has 0 radical (unpaired) electrons. The first-order valence-electron chi connectivity index (χ1n) is 10.1. The lowest BCUT2D eigenvalue weighted by molar-refractivity contribution is 0.0944. The number of amides is 2. The highest BCUT2D eigenvalue weighted by Gasteiger charge is 2.18. The molecule has 0 spiro atoms. The Morgan fingerprint density at radius 1 is 1.06 bits per heavy atom. The van der Waals surface area contributed by atoms with Crippen LogP contribution in [0.25, 0.3) is 0 Å². The molecule has 1 aromatic heterocycles. The van der Waals surface area contributed by atoms with Crippen LogP contribution in [0.15, 0.2) is 47.8 Å². The van der Waals surface area contributed by atoms with Crippen LogP contribution in [-0.4, -0.2) is 41.5 Å². The molecule has 2 heterocycles. The van der Waals surface area contributed by atoms with E-state index in [0.717, 1.165) is 31.6 Å². The molecule has 32 heavy (non-hydrogen) atoms. The summed E-state index contributed by atoms with van der Waals surface area (Å²) in [5.41, 5.74) is 1.40. The van der Waals surface area contributed by atoms with Crippen LogP contribution in [0.5, 0.6) is 5.75 Å². The van der Waals surface area contributed by atoms with Crippen LogP contribution in [0, 0.1) is 11.6 Å². The second-order valence-electron chi connectivity index (χ2n) is 7.50. The average molecular weight is 458 g/mol. The number of nitrogens with one attached hydrogen (secondary N) is 2. The Balaban J connectivity index is 1.31. The molecule has 3 aromatic rings. The van der Waals surface area contributed by atoms with E-state index in [4.69, 9.17) is 0 Å². The van der Waals surface area contributed by atoms with Crippen molar-refractivity contribution in [3.05, 3.63) is 81.0 Å². The zero-order valence-electron chi connectivity index (χ0n) is 17.0. The number of hydrogen-bond donors (Lipinski definition) is 3. The van der Waals surface area contributed by atoms with Gasteiger partial charge in [-0.05, 0) is 47.7 Å². The number of carbonyl (C=O) groups is 2. The largest absolute Gasteiger partial charge is 0.507 e. The number of benzene rings is 2. The number of phenolic OH excluding ortho intramolecular Hbond substituents is 1. The van der Waals surface area contributed by atoms with Gasteiger partial charge >= 0.3 is 0 Å². The third-order valence-corrected chi connectivity index (χ3v) is 6.25. The normalized spacial score (nSPS) is 13.4. The minimum atomic E-state index is -0.870. The number of aromatic hydroxyl groups is 1. The summed E-state index contributed by atoms with van der Waals surface area (Å²) in [5.74, 6) is -3.22. The third-order valence-electron chi connectivity index (χ3n) is 5.23. The lowest BCUT2D eigenvalue weighted by Gasteiger charge is -2.26. The molecule has 0 unspecified atom stereocenters. The molecular formula is C23H21F2N3O3S. The van der Waals surface area contributed by atoms with Gasteiger partial charge < -0.3 is 15.7 Å². The van der Waals surface area contributed by atoms with Crippen LogP contribution >= 0.6 is 11.3 Å². The van der Waals surface area contributed by atoms with Gasteiger partial charge in [-0.3, -0.25) is 14.5 Å². The van der Waals surface area contributed by atoms with Crippen LogP contribution in [0.1, 0.15) is 31.2 Å². The van der Waals surface area contributed by atoms with E-state index in [2.05, 4.69) is 27.0 Å². The molecule has 2 amide bonds. The van der Waals surface area contributed by atoms with Crippen LogP contribution in [0.3, 0.4) is 0 Å². The van der Waals surface area contributed by atoms with E-state index in [1.54, 1.807) is 11.3 Å². The number of fused-ring (bicyclic) bond motifs is 1. The first-order chi connectivity index (χ1) is 15.4. The summed E-state index contributed by atoms with van der Waals surface area (Å²) in [4.78, 5) is 28.3. The molecule has 0 fully saturated rings. The fourth-order valence-corrected chi connectivity index (χ4v) is 4.50. The van der Waals surface area contributed by atoms with Crippen molar-refractivity contribution in [1.29, 1.82) is 0 Å². The van der Waals surface area contributed by atoms with Gasteiger partial charge in [-0.1, -0.05) is 0 Å². The highest BCUT2D eigenvalue weighted by atomic mass is 32.1. The zero-order valence-corrected chi connectivity index (χ0v) is 17.8. The maximum atomic E-state index is 13.3. The number of rotatable bonds is 6. The smallest absolute Gasteiger partial charge is 0.255 e. The molecule has 2 aromatic carbocycles. The number of anilines is 1. The third kappa shape index (κ3) is 5.12. The second-order valence-corrected chi connectivity index (χ2v) is 8.50. The van der Waals surface area contributed by atoms with Crippen LogP contribution in [-0.2, 0) is 13.0 Å². The summed E-state index contributed by atoms with van der Waals surface area (Å²) in [6, 6.07) is 8.64. The van der Waals surface area contributed by atoms with Gasteiger partial charge in [0.1, 0.15) is 17.4 Å². The van der Waals surface area contributed by atoms with Crippen LogP contribution < -0.4 is 10.6 Å². The van der Waals surface area contributed by atoms with Gasteiger partial charge in [-0.2, -0.15) is 0 Å². The van der Waals surface area contributed by atoms with E-state index in [1.165, 1.54) is 28.6 Å². The van der Waals surface area contributed by atoms with Crippen molar-refractivity contribution >= 4 is 28.8 Å². The van der Waals surface area contributed by atoms with Crippen molar-refractivity contribution < 1.29 is 23.5 Å². The SMILES string of the molecule is O=C(Nc1ccc(C(=O)NCCN2CCc3sccc3C2)c(O)c1)c1cc(F)cc(F)c1. The summed E-state index contributed by atoms with van der Waals surface area (Å²) in [6.45, 7) is 2.93. The first kappa shape index (κ1) is 21.9.